The number of fused-ring (bicyclic) bond motifs is 1. The molecule has 0 saturated heterocycles. The molecule has 4 aromatic rings. The summed E-state index contributed by atoms with van der Waals surface area (Å²) in [6, 6.07) is 16.3. The fourth-order valence-electron chi connectivity index (χ4n) is 3.01. The molecular weight excluding hydrogens is 391 g/mol. The number of nitrogens with zero attached hydrogens (tertiary/aromatic N) is 3. The van der Waals surface area contributed by atoms with Crippen LogP contribution in [0.4, 0.5) is 10.1 Å². The summed E-state index contributed by atoms with van der Waals surface area (Å²) >= 11 is 0. The van der Waals surface area contributed by atoms with Gasteiger partial charge in [0.05, 0.1) is 10.4 Å². The lowest BCUT2D eigenvalue weighted by Gasteiger charge is -2.07. The van der Waals surface area contributed by atoms with E-state index in [-0.39, 0.29) is 29.5 Å². The van der Waals surface area contributed by atoms with Crippen LogP contribution in [0.5, 0.6) is 0 Å². The van der Waals surface area contributed by atoms with E-state index in [2.05, 4.69) is 10.3 Å². The van der Waals surface area contributed by atoms with E-state index in [1.165, 1.54) is 42.5 Å². The van der Waals surface area contributed by atoms with Crippen LogP contribution in [0.2, 0.25) is 0 Å². The molecule has 1 heterocycles. The van der Waals surface area contributed by atoms with Crippen LogP contribution in [-0.2, 0) is 6.54 Å². The number of carbonyl (C=O) groups excluding carboxylic acids is 1. The summed E-state index contributed by atoms with van der Waals surface area (Å²) < 4.78 is 13.8. The highest BCUT2D eigenvalue weighted by Gasteiger charge is 2.16. The Kier molecular flexibility index (Phi) is 4.85. The van der Waals surface area contributed by atoms with Gasteiger partial charge in [-0.25, -0.2) is 9.37 Å². The van der Waals surface area contributed by atoms with Crippen LogP contribution in [0.1, 0.15) is 15.9 Å². The second kappa shape index (κ2) is 7.63. The van der Waals surface area contributed by atoms with Crippen molar-refractivity contribution in [2.24, 2.45) is 0 Å². The molecule has 0 aliphatic carbocycles. The first-order valence-electron chi connectivity index (χ1n) is 8.91. The monoisotopic (exact) mass is 406 g/mol. The van der Waals surface area contributed by atoms with Gasteiger partial charge in [0, 0.05) is 29.8 Å². The first kappa shape index (κ1) is 19.1. The average molecular weight is 406 g/mol. The molecule has 0 bridgehead atoms. The average Bonchev–Trinajstić information content (AvgIpc) is 3.09. The number of halogens is 1. The third kappa shape index (κ3) is 3.68. The molecule has 1 amide bonds. The van der Waals surface area contributed by atoms with Crippen molar-refractivity contribution in [3.63, 3.8) is 0 Å². The van der Waals surface area contributed by atoms with Gasteiger partial charge in [0.2, 0.25) is 0 Å². The summed E-state index contributed by atoms with van der Waals surface area (Å²) in [6.07, 6.45) is 0. The summed E-state index contributed by atoms with van der Waals surface area (Å²) in [4.78, 5) is 26.8. The van der Waals surface area contributed by atoms with Crippen molar-refractivity contribution >= 4 is 22.6 Å². The minimum absolute atomic E-state index is 0.142. The number of hydrogen-bond donors (Lipinski definition) is 2. The molecule has 0 atom stereocenters. The molecule has 30 heavy (non-hydrogen) atoms. The van der Waals surface area contributed by atoms with Gasteiger partial charge in [-0.1, -0.05) is 24.3 Å². The Morgan fingerprint density at radius 3 is 2.47 bits per heavy atom. The fourth-order valence-corrected chi connectivity index (χ4v) is 3.01. The number of benzene rings is 3. The lowest BCUT2D eigenvalue weighted by molar-refractivity contribution is -0.384. The topological polar surface area (TPSA) is 110 Å². The number of rotatable bonds is 5. The largest absolute Gasteiger partial charge is 0.426 e. The minimum Gasteiger partial charge on any atom is -0.426 e. The Balaban J connectivity index is 1.50. The molecule has 0 saturated carbocycles. The molecule has 3 aromatic carbocycles. The number of nitrogens with one attached hydrogen (secondary N) is 1. The summed E-state index contributed by atoms with van der Waals surface area (Å²) in [6.45, 7) is 0.262. The number of amides is 1. The summed E-state index contributed by atoms with van der Waals surface area (Å²) in [5.41, 5.74) is 2.28. The number of carbonyl (C=O) groups is 1. The van der Waals surface area contributed by atoms with Crippen molar-refractivity contribution in [2.45, 2.75) is 6.54 Å². The number of nitro benzene ring substituents is 1. The zero-order chi connectivity index (χ0) is 21.3. The molecule has 0 spiro atoms. The van der Waals surface area contributed by atoms with Crippen LogP contribution < -0.4 is 5.32 Å². The van der Waals surface area contributed by atoms with Gasteiger partial charge >= 0.3 is 0 Å². The minimum atomic E-state index is -0.541. The van der Waals surface area contributed by atoms with E-state index in [0.717, 1.165) is 10.3 Å². The molecule has 0 aliphatic rings. The molecule has 0 radical (unpaired) electrons. The Labute approximate surface area is 169 Å². The summed E-state index contributed by atoms with van der Waals surface area (Å²) in [5.74, 6) is -0.489. The Morgan fingerprint density at radius 2 is 1.80 bits per heavy atom. The molecular formula is C21H15FN4O4. The van der Waals surface area contributed by atoms with Crippen LogP contribution in [0.3, 0.4) is 0 Å². The van der Waals surface area contributed by atoms with E-state index in [4.69, 9.17) is 0 Å². The number of imidazole rings is 1. The van der Waals surface area contributed by atoms with Gasteiger partial charge in [-0.05, 0) is 35.9 Å². The van der Waals surface area contributed by atoms with Crippen LogP contribution in [-0.4, -0.2) is 25.8 Å². The molecule has 8 nitrogen and oxygen atoms in total. The maximum absolute atomic E-state index is 12.9. The fraction of sp³-hybridized carbons (Fsp3) is 0.0476. The molecule has 0 fully saturated rings. The summed E-state index contributed by atoms with van der Waals surface area (Å²) in [7, 11) is 0. The van der Waals surface area contributed by atoms with Gasteiger partial charge in [-0.15, -0.1) is 0 Å². The first-order chi connectivity index (χ1) is 14.4. The maximum Gasteiger partial charge on any atom is 0.271 e. The molecule has 4 rings (SSSR count). The van der Waals surface area contributed by atoms with Crippen molar-refractivity contribution in [3.8, 4) is 11.4 Å². The Hall–Kier alpha value is -4.27. The molecule has 0 aliphatic heterocycles. The van der Waals surface area contributed by atoms with E-state index < -0.39 is 10.7 Å². The highest BCUT2D eigenvalue weighted by molar-refractivity contribution is 5.94. The zero-order valence-electron chi connectivity index (χ0n) is 15.4. The van der Waals surface area contributed by atoms with Gasteiger partial charge in [0.1, 0.15) is 11.3 Å². The van der Waals surface area contributed by atoms with E-state index in [1.807, 2.05) is 0 Å². The van der Waals surface area contributed by atoms with Crippen molar-refractivity contribution in [3.05, 3.63) is 93.8 Å². The normalized spacial score (nSPS) is 10.8. The second-order valence-corrected chi connectivity index (χ2v) is 6.56. The summed E-state index contributed by atoms with van der Waals surface area (Å²) in [5, 5.41) is 24.1. The highest BCUT2D eigenvalue weighted by atomic mass is 19.1. The number of non-ortho nitro benzene ring substituents is 1. The highest BCUT2D eigenvalue weighted by Crippen LogP contribution is 2.26. The quantitative estimate of drug-likeness (QED) is 0.297. The van der Waals surface area contributed by atoms with E-state index >= 15 is 0 Å². The first-order valence-corrected chi connectivity index (χ1v) is 8.91. The number of nitro groups is 1. The van der Waals surface area contributed by atoms with Crippen molar-refractivity contribution in [2.75, 3.05) is 0 Å². The smallest absolute Gasteiger partial charge is 0.271 e. The lowest BCUT2D eigenvalue weighted by Crippen LogP contribution is -2.22. The lowest BCUT2D eigenvalue weighted by atomic mass is 10.1. The van der Waals surface area contributed by atoms with Gasteiger partial charge in [-0.3, -0.25) is 14.9 Å². The van der Waals surface area contributed by atoms with Gasteiger partial charge in [0.25, 0.3) is 11.6 Å². The van der Waals surface area contributed by atoms with Crippen molar-refractivity contribution in [1.29, 1.82) is 0 Å². The van der Waals surface area contributed by atoms with Gasteiger partial charge in [-0.2, -0.15) is 4.73 Å². The third-order valence-electron chi connectivity index (χ3n) is 4.60. The number of hydrogen-bond acceptors (Lipinski definition) is 5. The molecule has 0 unspecified atom stereocenters. The van der Waals surface area contributed by atoms with Gasteiger partial charge < -0.3 is 10.5 Å². The molecule has 9 heteroatoms. The predicted molar refractivity (Wildman–Crippen MR) is 107 cm³/mol. The molecule has 150 valence electrons. The van der Waals surface area contributed by atoms with E-state index in [1.54, 1.807) is 24.3 Å². The Bertz CT molecular complexity index is 1250. The molecule has 1 aromatic heterocycles. The second-order valence-electron chi connectivity index (χ2n) is 6.56. The van der Waals surface area contributed by atoms with Crippen LogP contribution in [0.25, 0.3) is 22.4 Å². The van der Waals surface area contributed by atoms with Crippen molar-refractivity contribution < 1.29 is 19.3 Å². The Morgan fingerprint density at radius 1 is 1.10 bits per heavy atom. The van der Waals surface area contributed by atoms with Crippen LogP contribution in [0, 0.1) is 15.9 Å². The maximum atomic E-state index is 12.9. The van der Waals surface area contributed by atoms with Crippen molar-refractivity contribution in [1.82, 2.24) is 15.0 Å². The third-order valence-corrected chi connectivity index (χ3v) is 4.60. The standard InChI is InChI=1S/C21H15FN4O4/c22-16-7-5-15(6-8-16)21(27)23-12-13-1-3-14(4-2-13)20-24-18-10-9-17(26(29)30)11-19(18)25(20)28/h1-11,28H,12H2,(H,23,27). The number of aromatic nitrogens is 2. The predicted octanol–water partition coefficient (Wildman–Crippen LogP) is 3.92. The van der Waals surface area contributed by atoms with Crippen LogP contribution >= 0.6 is 0 Å². The van der Waals surface area contributed by atoms with Crippen LogP contribution in [0.15, 0.2) is 66.7 Å². The van der Waals surface area contributed by atoms with Gasteiger partial charge in [0.15, 0.2) is 5.82 Å². The molecule has 2 N–H and O–H groups in total. The SMILES string of the molecule is O=C(NCc1ccc(-c2nc3ccc([N+](=O)[O-])cc3n2O)cc1)c1ccc(F)cc1. The zero-order valence-corrected chi connectivity index (χ0v) is 15.4. The van der Waals surface area contributed by atoms with E-state index in [9.17, 15) is 24.5 Å². The van der Waals surface area contributed by atoms with E-state index in [0.29, 0.717) is 16.6 Å².